The first-order valence-corrected chi connectivity index (χ1v) is 6.88. The molecule has 0 bridgehead atoms. The Bertz CT molecular complexity index is 552. The lowest BCUT2D eigenvalue weighted by molar-refractivity contribution is -0.287. The number of halogens is 2. The van der Waals surface area contributed by atoms with Gasteiger partial charge in [0.25, 0.3) is 0 Å². The van der Waals surface area contributed by atoms with Crippen LogP contribution in [0.4, 0.5) is 8.78 Å². The Morgan fingerprint density at radius 3 is 2.90 bits per heavy atom. The number of benzene rings is 1. The molecule has 1 unspecified atom stereocenters. The standard InChI is InChI=1S/C13H13F2NO3S/c14-13(15)18-10-3-1-2-9(12(10)19-13)6-16-5-8(7-20)4-11(16)17/h1-3,8,20H,4-7H2. The molecule has 20 heavy (non-hydrogen) atoms. The third kappa shape index (κ3) is 2.42. The summed E-state index contributed by atoms with van der Waals surface area (Å²) in [5, 5.41) is 0. The quantitative estimate of drug-likeness (QED) is 0.871. The molecule has 0 saturated carbocycles. The summed E-state index contributed by atoms with van der Waals surface area (Å²) in [6.45, 7) is 0.828. The van der Waals surface area contributed by atoms with Gasteiger partial charge >= 0.3 is 6.29 Å². The molecule has 1 aromatic carbocycles. The van der Waals surface area contributed by atoms with Crippen LogP contribution in [0.25, 0.3) is 0 Å². The minimum absolute atomic E-state index is 0.00453. The van der Waals surface area contributed by atoms with Crippen molar-refractivity contribution in [1.82, 2.24) is 4.90 Å². The molecule has 0 radical (unpaired) electrons. The highest BCUT2D eigenvalue weighted by molar-refractivity contribution is 7.80. The Kier molecular flexibility index (Phi) is 3.24. The predicted molar refractivity (Wildman–Crippen MR) is 70.0 cm³/mol. The van der Waals surface area contributed by atoms with E-state index in [-0.39, 0.29) is 29.9 Å². The molecule has 7 heteroatoms. The zero-order valence-corrected chi connectivity index (χ0v) is 11.4. The van der Waals surface area contributed by atoms with Crippen molar-refractivity contribution in [3.8, 4) is 11.5 Å². The summed E-state index contributed by atoms with van der Waals surface area (Å²) in [6, 6.07) is 4.68. The Morgan fingerprint density at radius 2 is 2.20 bits per heavy atom. The smallest absolute Gasteiger partial charge is 0.395 e. The highest BCUT2D eigenvalue weighted by Crippen LogP contribution is 2.43. The van der Waals surface area contributed by atoms with Crippen LogP contribution in [-0.2, 0) is 11.3 Å². The van der Waals surface area contributed by atoms with Gasteiger partial charge in [0.15, 0.2) is 11.5 Å². The molecule has 2 aliphatic heterocycles. The third-order valence-corrected chi connectivity index (χ3v) is 3.94. The summed E-state index contributed by atoms with van der Waals surface area (Å²) in [6.07, 6.45) is -3.19. The Morgan fingerprint density at radius 1 is 1.40 bits per heavy atom. The van der Waals surface area contributed by atoms with E-state index in [1.165, 1.54) is 6.07 Å². The van der Waals surface area contributed by atoms with Crippen LogP contribution in [0, 0.1) is 5.92 Å². The number of carbonyl (C=O) groups excluding carboxylic acids is 1. The van der Waals surface area contributed by atoms with E-state index in [2.05, 4.69) is 22.1 Å². The number of nitrogens with zero attached hydrogens (tertiary/aromatic N) is 1. The molecule has 0 aliphatic carbocycles. The van der Waals surface area contributed by atoms with Crippen LogP contribution in [0.3, 0.4) is 0 Å². The predicted octanol–water partition coefficient (Wildman–Crippen LogP) is 2.29. The van der Waals surface area contributed by atoms with Crippen molar-refractivity contribution in [2.45, 2.75) is 19.3 Å². The number of para-hydroxylation sites is 1. The molecule has 0 N–H and O–H groups in total. The largest absolute Gasteiger partial charge is 0.586 e. The Hall–Kier alpha value is -1.50. The minimum atomic E-state index is -3.64. The van der Waals surface area contributed by atoms with Gasteiger partial charge in [0.05, 0.1) is 0 Å². The summed E-state index contributed by atoms with van der Waals surface area (Å²) < 4.78 is 35.1. The first kappa shape index (κ1) is 13.5. The molecule has 2 heterocycles. The molecule has 0 spiro atoms. The van der Waals surface area contributed by atoms with E-state index in [4.69, 9.17) is 0 Å². The van der Waals surface area contributed by atoms with E-state index < -0.39 is 6.29 Å². The molecule has 1 amide bonds. The monoisotopic (exact) mass is 301 g/mol. The zero-order valence-electron chi connectivity index (χ0n) is 10.5. The van der Waals surface area contributed by atoms with Gasteiger partial charge in [0, 0.05) is 25.1 Å². The molecular weight excluding hydrogens is 288 g/mol. The number of thiol groups is 1. The van der Waals surface area contributed by atoms with Crippen molar-refractivity contribution < 1.29 is 23.0 Å². The van der Waals surface area contributed by atoms with Crippen molar-refractivity contribution in [3.05, 3.63) is 23.8 Å². The van der Waals surface area contributed by atoms with Crippen molar-refractivity contribution in [2.75, 3.05) is 12.3 Å². The number of carbonyl (C=O) groups is 1. The molecule has 1 aromatic rings. The van der Waals surface area contributed by atoms with E-state index in [0.717, 1.165) is 0 Å². The van der Waals surface area contributed by atoms with E-state index in [1.54, 1.807) is 17.0 Å². The summed E-state index contributed by atoms with van der Waals surface area (Å²) in [4.78, 5) is 13.5. The van der Waals surface area contributed by atoms with Gasteiger partial charge in [-0.15, -0.1) is 8.78 Å². The maximum atomic E-state index is 13.1. The fraction of sp³-hybridized carbons (Fsp3) is 0.462. The first-order valence-electron chi connectivity index (χ1n) is 6.25. The maximum absolute atomic E-state index is 13.1. The number of hydrogen-bond acceptors (Lipinski definition) is 4. The number of rotatable bonds is 3. The van der Waals surface area contributed by atoms with Crippen molar-refractivity contribution in [2.24, 2.45) is 5.92 Å². The van der Waals surface area contributed by atoms with Crippen molar-refractivity contribution in [3.63, 3.8) is 0 Å². The van der Waals surface area contributed by atoms with Crippen LogP contribution < -0.4 is 9.47 Å². The molecule has 3 rings (SSSR count). The second-order valence-corrected chi connectivity index (χ2v) is 5.30. The molecule has 1 atom stereocenters. The number of alkyl halides is 2. The molecule has 0 aromatic heterocycles. The van der Waals surface area contributed by atoms with Crippen molar-refractivity contribution in [1.29, 1.82) is 0 Å². The Balaban J connectivity index is 1.80. The van der Waals surface area contributed by atoms with Crippen LogP contribution in [0.2, 0.25) is 0 Å². The molecular formula is C13H13F2NO3S. The van der Waals surface area contributed by atoms with Gasteiger partial charge < -0.3 is 14.4 Å². The highest BCUT2D eigenvalue weighted by atomic mass is 32.1. The summed E-state index contributed by atoms with van der Waals surface area (Å²) >= 11 is 4.19. The number of fused-ring (bicyclic) bond motifs is 1. The molecule has 1 fully saturated rings. The third-order valence-electron chi connectivity index (χ3n) is 3.42. The first-order chi connectivity index (χ1) is 9.48. The SMILES string of the molecule is O=C1CC(CS)CN1Cc1cccc2c1OC(F)(F)O2. The molecule has 4 nitrogen and oxygen atoms in total. The number of likely N-dealkylation sites (tertiary alicyclic amines) is 1. The van der Waals surface area contributed by atoms with E-state index in [9.17, 15) is 13.6 Å². The zero-order chi connectivity index (χ0) is 14.3. The minimum Gasteiger partial charge on any atom is -0.395 e. The number of hydrogen-bond donors (Lipinski definition) is 1. The average Bonchev–Trinajstić information content (AvgIpc) is 2.89. The van der Waals surface area contributed by atoms with Gasteiger partial charge in [-0.05, 0) is 17.7 Å². The second-order valence-electron chi connectivity index (χ2n) is 4.94. The van der Waals surface area contributed by atoms with Crippen LogP contribution in [-0.4, -0.2) is 29.4 Å². The molecule has 2 aliphatic rings. The van der Waals surface area contributed by atoms with E-state index >= 15 is 0 Å². The van der Waals surface area contributed by atoms with Crippen molar-refractivity contribution >= 4 is 18.5 Å². The number of ether oxygens (including phenoxy) is 2. The summed E-state index contributed by atoms with van der Waals surface area (Å²) in [7, 11) is 0. The van der Waals surface area contributed by atoms with Crippen LogP contribution in [0.15, 0.2) is 18.2 Å². The van der Waals surface area contributed by atoms with E-state index in [0.29, 0.717) is 24.3 Å². The molecule has 1 saturated heterocycles. The second kappa shape index (κ2) is 4.80. The van der Waals surface area contributed by atoms with Crippen LogP contribution >= 0.6 is 12.6 Å². The normalized spacial score (nSPS) is 23.4. The van der Waals surface area contributed by atoms with Gasteiger partial charge in [0.2, 0.25) is 5.91 Å². The lowest BCUT2D eigenvalue weighted by atomic mass is 10.1. The lowest BCUT2D eigenvalue weighted by Gasteiger charge is -2.17. The van der Waals surface area contributed by atoms with E-state index in [1.807, 2.05) is 0 Å². The van der Waals surface area contributed by atoms with Gasteiger partial charge in [0.1, 0.15) is 0 Å². The maximum Gasteiger partial charge on any atom is 0.586 e. The topological polar surface area (TPSA) is 38.8 Å². The summed E-state index contributed by atoms with van der Waals surface area (Å²) in [5.74, 6) is 0.866. The summed E-state index contributed by atoms with van der Waals surface area (Å²) in [5.41, 5.74) is 0.521. The Labute approximate surface area is 120 Å². The lowest BCUT2D eigenvalue weighted by Crippen LogP contribution is -2.27. The van der Waals surface area contributed by atoms with Gasteiger partial charge in [-0.2, -0.15) is 12.6 Å². The van der Waals surface area contributed by atoms with Gasteiger partial charge in [-0.1, -0.05) is 12.1 Å². The van der Waals surface area contributed by atoms with Gasteiger partial charge in [-0.3, -0.25) is 4.79 Å². The molecule has 108 valence electrons. The number of amides is 1. The van der Waals surface area contributed by atoms with Crippen LogP contribution in [0.1, 0.15) is 12.0 Å². The fourth-order valence-electron chi connectivity index (χ4n) is 2.48. The highest BCUT2D eigenvalue weighted by Gasteiger charge is 2.44. The fourth-order valence-corrected chi connectivity index (χ4v) is 2.73. The van der Waals surface area contributed by atoms with Gasteiger partial charge in [-0.25, -0.2) is 0 Å². The average molecular weight is 301 g/mol. The van der Waals surface area contributed by atoms with Crippen LogP contribution in [0.5, 0.6) is 11.5 Å².